The molecular weight excluding hydrogens is 216 g/mol. The van der Waals surface area contributed by atoms with Crippen LogP contribution in [0.15, 0.2) is 0 Å². The number of unbranched alkanes of at least 4 members (excludes halogenated alkanes) is 5. The van der Waals surface area contributed by atoms with Gasteiger partial charge in [-0.15, -0.1) is 0 Å². The summed E-state index contributed by atoms with van der Waals surface area (Å²) in [5.41, 5.74) is 0. The molecule has 0 aliphatic carbocycles. The SMILES string of the molecule is CCCCC(CCCCCCCC(C)C)C(C)C. The van der Waals surface area contributed by atoms with E-state index in [4.69, 9.17) is 0 Å². The molecule has 0 bridgehead atoms. The summed E-state index contributed by atoms with van der Waals surface area (Å²) in [4.78, 5) is 0. The van der Waals surface area contributed by atoms with E-state index in [2.05, 4.69) is 34.6 Å². The summed E-state index contributed by atoms with van der Waals surface area (Å²) in [6, 6.07) is 0. The highest BCUT2D eigenvalue weighted by Gasteiger charge is 2.11. The van der Waals surface area contributed by atoms with Crippen molar-refractivity contribution in [2.75, 3.05) is 0 Å². The molecule has 0 aromatic carbocycles. The number of hydrogen-bond acceptors (Lipinski definition) is 0. The number of hydrogen-bond donors (Lipinski definition) is 0. The summed E-state index contributed by atoms with van der Waals surface area (Å²) >= 11 is 0. The molecule has 0 spiro atoms. The molecule has 0 rings (SSSR count). The molecule has 1 atom stereocenters. The second-order valence-corrected chi connectivity index (χ2v) is 6.89. The topological polar surface area (TPSA) is 0 Å². The van der Waals surface area contributed by atoms with Gasteiger partial charge in [0.1, 0.15) is 0 Å². The lowest BCUT2D eigenvalue weighted by molar-refractivity contribution is 0.316. The van der Waals surface area contributed by atoms with Crippen molar-refractivity contribution in [2.45, 2.75) is 98.8 Å². The summed E-state index contributed by atoms with van der Waals surface area (Å²) in [6.45, 7) is 11.8. The van der Waals surface area contributed by atoms with Gasteiger partial charge in [0, 0.05) is 0 Å². The van der Waals surface area contributed by atoms with Crippen molar-refractivity contribution in [1.82, 2.24) is 0 Å². The fourth-order valence-electron chi connectivity index (χ4n) is 2.77. The third-order valence-electron chi connectivity index (χ3n) is 4.23. The van der Waals surface area contributed by atoms with E-state index in [1.807, 2.05) is 0 Å². The van der Waals surface area contributed by atoms with Crippen LogP contribution >= 0.6 is 0 Å². The van der Waals surface area contributed by atoms with Gasteiger partial charge in [-0.25, -0.2) is 0 Å². The second-order valence-electron chi connectivity index (χ2n) is 6.89. The lowest BCUT2D eigenvalue weighted by Crippen LogP contribution is -2.08. The van der Waals surface area contributed by atoms with E-state index in [0.29, 0.717) is 0 Å². The van der Waals surface area contributed by atoms with Crippen LogP contribution in [0.3, 0.4) is 0 Å². The van der Waals surface area contributed by atoms with Crippen molar-refractivity contribution in [3.8, 4) is 0 Å². The van der Waals surface area contributed by atoms with Crippen LogP contribution in [0.2, 0.25) is 0 Å². The summed E-state index contributed by atoms with van der Waals surface area (Å²) in [7, 11) is 0. The van der Waals surface area contributed by atoms with E-state index < -0.39 is 0 Å². The highest BCUT2D eigenvalue weighted by atomic mass is 14.2. The Hall–Kier alpha value is 0. The molecule has 18 heavy (non-hydrogen) atoms. The van der Waals surface area contributed by atoms with E-state index in [1.54, 1.807) is 0 Å². The van der Waals surface area contributed by atoms with Gasteiger partial charge in [0.05, 0.1) is 0 Å². The Balaban J connectivity index is 3.43. The maximum atomic E-state index is 2.41. The van der Waals surface area contributed by atoms with Crippen LogP contribution in [0, 0.1) is 17.8 Å². The average Bonchev–Trinajstić information content (AvgIpc) is 2.30. The van der Waals surface area contributed by atoms with Crippen molar-refractivity contribution in [3.63, 3.8) is 0 Å². The third-order valence-corrected chi connectivity index (χ3v) is 4.23. The minimum atomic E-state index is 0.887. The van der Waals surface area contributed by atoms with Gasteiger partial charge in [0.15, 0.2) is 0 Å². The first kappa shape index (κ1) is 18.0. The van der Waals surface area contributed by atoms with Crippen molar-refractivity contribution in [1.29, 1.82) is 0 Å². The lowest BCUT2D eigenvalue weighted by atomic mass is 9.86. The fraction of sp³-hybridized carbons (Fsp3) is 1.00. The molecule has 0 N–H and O–H groups in total. The zero-order valence-corrected chi connectivity index (χ0v) is 13.8. The number of rotatable bonds is 12. The van der Waals surface area contributed by atoms with E-state index in [-0.39, 0.29) is 0 Å². The summed E-state index contributed by atoms with van der Waals surface area (Å²) in [5, 5.41) is 0. The van der Waals surface area contributed by atoms with Crippen LogP contribution in [-0.2, 0) is 0 Å². The monoisotopic (exact) mass is 254 g/mol. The van der Waals surface area contributed by atoms with Gasteiger partial charge in [-0.2, -0.15) is 0 Å². The van der Waals surface area contributed by atoms with Crippen LogP contribution < -0.4 is 0 Å². The summed E-state index contributed by atoms with van der Waals surface area (Å²) in [6.07, 6.45) is 14.4. The Morgan fingerprint density at radius 3 is 1.61 bits per heavy atom. The van der Waals surface area contributed by atoms with Gasteiger partial charge in [0.2, 0.25) is 0 Å². The van der Waals surface area contributed by atoms with Gasteiger partial charge >= 0.3 is 0 Å². The van der Waals surface area contributed by atoms with E-state index in [9.17, 15) is 0 Å². The molecule has 1 unspecified atom stereocenters. The molecule has 0 fully saturated rings. The first-order valence-electron chi connectivity index (χ1n) is 8.57. The van der Waals surface area contributed by atoms with Crippen LogP contribution in [-0.4, -0.2) is 0 Å². The van der Waals surface area contributed by atoms with Gasteiger partial charge in [-0.1, -0.05) is 98.8 Å². The molecule has 0 aliphatic heterocycles. The highest BCUT2D eigenvalue weighted by molar-refractivity contribution is 4.63. The minimum Gasteiger partial charge on any atom is -0.0654 e. The summed E-state index contributed by atoms with van der Waals surface area (Å²) < 4.78 is 0. The Morgan fingerprint density at radius 1 is 0.611 bits per heavy atom. The molecule has 0 aromatic rings. The van der Waals surface area contributed by atoms with Gasteiger partial charge in [0.25, 0.3) is 0 Å². The largest absolute Gasteiger partial charge is 0.0654 e. The standard InChI is InChI=1S/C18H38/c1-6-7-14-18(17(4)5)15-12-10-8-9-11-13-16(2)3/h16-18H,6-15H2,1-5H3. The predicted octanol–water partition coefficient (Wildman–Crippen LogP) is 6.84. The third kappa shape index (κ3) is 11.1. The molecule has 0 nitrogen and oxygen atoms in total. The minimum absolute atomic E-state index is 0.887. The molecule has 0 heterocycles. The first-order chi connectivity index (χ1) is 8.57. The smallest absolute Gasteiger partial charge is 0.0391 e. The van der Waals surface area contributed by atoms with E-state index in [0.717, 1.165) is 17.8 Å². The average molecular weight is 255 g/mol. The van der Waals surface area contributed by atoms with Crippen LogP contribution in [0.1, 0.15) is 98.8 Å². The fourth-order valence-corrected chi connectivity index (χ4v) is 2.77. The summed E-state index contributed by atoms with van der Waals surface area (Å²) in [5.74, 6) is 2.77. The molecule has 0 saturated carbocycles. The zero-order valence-electron chi connectivity index (χ0n) is 13.8. The molecule has 0 saturated heterocycles. The quantitative estimate of drug-likeness (QED) is 0.335. The van der Waals surface area contributed by atoms with E-state index in [1.165, 1.54) is 64.2 Å². The Kier molecular flexibility index (Phi) is 12.1. The molecule has 110 valence electrons. The van der Waals surface area contributed by atoms with Crippen LogP contribution in [0.5, 0.6) is 0 Å². The Bertz CT molecular complexity index is 157. The maximum Gasteiger partial charge on any atom is -0.0391 e. The van der Waals surface area contributed by atoms with Crippen LogP contribution in [0.25, 0.3) is 0 Å². The van der Waals surface area contributed by atoms with Gasteiger partial charge < -0.3 is 0 Å². The maximum absolute atomic E-state index is 2.41. The molecule has 0 aliphatic rings. The zero-order chi connectivity index (χ0) is 13.8. The molecule has 0 radical (unpaired) electrons. The van der Waals surface area contributed by atoms with Crippen molar-refractivity contribution in [3.05, 3.63) is 0 Å². The second kappa shape index (κ2) is 12.1. The van der Waals surface area contributed by atoms with Crippen molar-refractivity contribution in [2.24, 2.45) is 17.8 Å². The van der Waals surface area contributed by atoms with E-state index >= 15 is 0 Å². The molecule has 0 amide bonds. The normalized spacial score (nSPS) is 13.5. The van der Waals surface area contributed by atoms with Crippen molar-refractivity contribution >= 4 is 0 Å². The Morgan fingerprint density at radius 2 is 1.11 bits per heavy atom. The predicted molar refractivity (Wildman–Crippen MR) is 85.0 cm³/mol. The Labute approximate surface area is 117 Å². The van der Waals surface area contributed by atoms with Gasteiger partial charge in [-0.05, 0) is 17.8 Å². The van der Waals surface area contributed by atoms with Gasteiger partial charge in [-0.3, -0.25) is 0 Å². The first-order valence-corrected chi connectivity index (χ1v) is 8.57. The van der Waals surface area contributed by atoms with Crippen LogP contribution in [0.4, 0.5) is 0 Å². The van der Waals surface area contributed by atoms with Crippen molar-refractivity contribution < 1.29 is 0 Å². The lowest BCUT2D eigenvalue weighted by Gasteiger charge is -2.20. The molecule has 0 aromatic heterocycles. The highest BCUT2D eigenvalue weighted by Crippen LogP contribution is 2.24. The molecular formula is C18H38. The molecule has 0 heteroatoms.